The molecular weight excluding hydrogens is 280 g/mol. The molecule has 1 aromatic heterocycles. The summed E-state index contributed by atoms with van der Waals surface area (Å²) in [5.74, 6) is -0.108. The highest BCUT2D eigenvalue weighted by atomic mass is 16.3. The smallest absolute Gasteiger partial charge is 0.273 e. The van der Waals surface area contributed by atoms with Gasteiger partial charge >= 0.3 is 0 Å². The van der Waals surface area contributed by atoms with Crippen molar-refractivity contribution in [3.8, 4) is 17.0 Å². The largest absolute Gasteiger partial charge is 0.508 e. The van der Waals surface area contributed by atoms with Gasteiger partial charge in [-0.05, 0) is 54.6 Å². The minimum absolute atomic E-state index is 0.181. The number of nitrogen functional groups attached to an aromatic ring is 1. The number of H-pyrrole nitrogens is 1. The van der Waals surface area contributed by atoms with Crippen LogP contribution in [0.1, 0.15) is 10.5 Å². The van der Waals surface area contributed by atoms with Crippen LogP contribution >= 0.6 is 0 Å². The predicted molar refractivity (Wildman–Crippen MR) is 84.5 cm³/mol. The van der Waals surface area contributed by atoms with Gasteiger partial charge in [-0.2, -0.15) is 5.10 Å². The molecule has 0 bridgehead atoms. The second kappa shape index (κ2) is 5.61. The van der Waals surface area contributed by atoms with Gasteiger partial charge in [-0.25, -0.2) is 0 Å². The van der Waals surface area contributed by atoms with Crippen molar-refractivity contribution in [3.63, 3.8) is 0 Å². The molecule has 1 amide bonds. The zero-order valence-corrected chi connectivity index (χ0v) is 11.6. The summed E-state index contributed by atoms with van der Waals surface area (Å²) in [4.78, 5) is 12.1. The second-order valence-electron chi connectivity index (χ2n) is 4.79. The molecule has 5 N–H and O–H groups in total. The number of carbonyl (C=O) groups is 1. The van der Waals surface area contributed by atoms with Gasteiger partial charge in [-0.15, -0.1) is 0 Å². The lowest BCUT2D eigenvalue weighted by Gasteiger charge is -2.03. The van der Waals surface area contributed by atoms with Gasteiger partial charge in [-0.3, -0.25) is 9.89 Å². The highest BCUT2D eigenvalue weighted by Crippen LogP contribution is 2.21. The van der Waals surface area contributed by atoms with E-state index in [4.69, 9.17) is 5.73 Å². The third-order valence-corrected chi connectivity index (χ3v) is 3.15. The normalized spacial score (nSPS) is 10.4. The van der Waals surface area contributed by atoms with Crippen molar-refractivity contribution in [3.05, 3.63) is 60.3 Å². The molecule has 3 rings (SSSR count). The quantitative estimate of drug-likeness (QED) is 0.557. The molecule has 0 aliphatic heterocycles. The van der Waals surface area contributed by atoms with E-state index in [1.807, 2.05) is 0 Å². The van der Waals surface area contributed by atoms with Crippen LogP contribution in [-0.4, -0.2) is 21.2 Å². The van der Waals surface area contributed by atoms with E-state index < -0.39 is 0 Å². The van der Waals surface area contributed by atoms with Gasteiger partial charge in [-0.1, -0.05) is 0 Å². The number of amides is 1. The first-order valence-corrected chi connectivity index (χ1v) is 6.63. The van der Waals surface area contributed by atoms with Gasteiger partial charge in [0.05, 0.1) is 5.69 Å². The molecule has 0 atom stereocenters. The number of hydrogen-bond acceptors (Lipinski definition) is 4. The van der Waals surface area contributed by atoms with Crippen LogP contribution in [0.15, 0.2) is 54.6 Å². The minimum atomic E-state index is -0.290. The molecule has 2 aromatic carbocycles. The number of nitrogens with one attached hydrogen (secondary N) is 2. The number of aromatic hydroxyl groups is 1. The Labute approximate surface area is 126 Å². The van der Waals surface area contributed by atoms with E-state index in [9.17, 15) is 9.90 Å². The number of hydrogen-bond donors (Lipinski definition) is 4. The van der Waals surface area contributed by atoms with Crippen LogP contribution in [-0.2, 0) is 0 Å². The Morgan fingerprint density at radius 2 is 1.77 bits per heavy atom. The van der Waals surface area contributed by atoms with Crippen LogP contribution in [0.2, 0.25) is 0 Å². The van der Waals surface area contributed by atoms with E-state index in [-0.39, 0.29) is 11.7 Å². The summed E-state index contributed by atoms with van der Waals surface area (Å²) in [6, 6.07) is 15.1. The van der Waals surface area contributed by atoms with Gasteiger partial charge < -0.3 is 16.2 Å². The van der Waals surface area contributed by atoms with E-state index in [1.54, 1.807) is 54.6 Å². The first-order valence-electron chi connectivity index (χ1n) is 6.63. The molecule has 6 nitrogen and oxygen atoms in total. The van der Waals surface area contributed by atoms with Gasteiger partial charge in [0.25, 0.3) is 5.91 Å². The predicted octanol–water partition coefficient (Wildman–Crippen LogP) is 2.62. The summed E-state index contributed by atoms with van der Waals surface area (Å²) in [6.07, 6.45) is 0. The van der Waals surface area contributed by atoms with E-state index in [2.05, 4.69) is 15.5 Å². The van der Waals surface area contributed by atoms with Gasteiger partial charge in [0.1, 0.15) is 11.4 Å². The fraction of sp³-hybridized carbons (Fsp3) is 0. The number of benzene rings is 2. The van der Waals surface area contributed by atoms with Crippen LogP contribution in [0.5, 0.6) is 5.75 Å². The third kappa shape index (κ3) is 2.90. The molecule has 0 unspecified atom stereocenters. The van der Waals surface area contributed by atoms with E-state index in [1.165, 1.54) is 0 Å². The summed E-state index contributed by atoms with van der Waals surface area (Å²) >= 11 is 0. The summed E-state index contributed by atoms with van der Waals surface area (Å²) in [5.41, 5.74) is 8.67. The zero-order chi connectivity index (χ0) is 15.5. The minimum Gasteiger partial charge on any atom is -0.508 e. The molecule has 0 saturated heterocycles. The van der Waals surface area contributed by atoms with Crippen LogP contribution in [0.25, 0.3) is 11.3 Å². The van der Waals surface area contributed by atoms with Gasteiger partial charge in [0.15, 0.2) is 0 Å². The average Bonchev–Trinajstić information content (AvgIpc) is 3.00. The molecule has 3 aromatic rings. The third-order valence-electron chi connectivity index (χ3n) is 3.15. The molecule has 0 radical (unpaired) electrons. The lowest BCUT2D eigenvalue weighted by atomic mass is 10.1. The molecule has 22 heavy (non-hydrogen) atoms. The maximum absolute atomic E-state index is 12.1. The Balaban J connectivity index is 1.76. The number of nitrogens with two attached hydrogens (primary N) is 1. The van der Waals surface area contributed by atoms with E-state index in [0.717, 1.165) is 5.56 Å². The number of aromatic amines is 1. The van der Waals surface area contributed by atoms with Crippen molar-refractivity contribution in [1.82, 2.24) is 10.2 Å². The van der Waals surface area contributed by atoms with Crippen molar-refractivity contribution in [2.45, 2.75) is 0 Å². The highest BCUT2D eigenvalue weighted by Gasteiger charge is 2.11. The first kappa shape index (κ1) is 13.7. The lowest BCUT2D eigenvalue weighted by molar-refractivity contribution is 0.102. The van der Waals surface area contributed by atoms with Crippen molar-refractivity contribution in [1.29, 1.82) is 0 Å². The number of anilines is 2. The lowest BCUT2D eigenvalue weighted by Crippen LogP contribution is -2.12. The number of rotatable bonds is 3. The molecule has 0 saturated carbocycles. The summed E-state index contributed by atoms with van der Waals surface area (Å²) in [7, 11) is 0. The Morgan fingerprint density at radius 1 is 1.09 bits per heavy atom. The van der Waals surface area contributed by atoms with Crippen molar-refractivity contribution in [2.24, 2.45) is 0 Å². The highest BCUT2D eigenvalue weighted by molar-refractivity contribution is 6.03. The molecule has 6 heteroatoms. The molecule has 110 valence electrons. The number of nitrogens with zero attached hydrogens (tertiary/aromatic N) is 1. The summed E-state index contributed by atoms with van der Waals surface area (Å²) in [5, 5.41) is 18.8. The van der Waals surface area contributed by atoms with Crippen molar-refractivity contribution >= 4 is 17.3 Å². The second-order valence-corrected chi connectivity index (χ2v) is 4.79. The van der Waals surface area contributed by atoms with E-state index in [0.29, 0.717) is 22.8 Å². The van der Waals surface area contributed by atoms with Crippen LogP contribution < -0.4 is 11.1 Å². The maximum Gasteiger partial charge on any atom is 0.273 e. The Hall–Kier alpha value is -3.28. The van der Waals surface area contributed by atoms with Crippen molar-refractivity contribution in [2.75, 3.05) is 11.1 Å². The molecule has 0 spiro atoms. The van der Waals surface area contributed by atoms with Gasteiger partial charge in [0, 0.05) is 16.9 Å². The summed E-state index contributed by atoms with van der Waals surface area (Å²) < 4.78 is 0. The maximum atomic E-state index is 12.1. The monoisotopic (exact) mass is 294 g/mol. The Kier molecular flexibility index (Phi) is 3.49. The van der Waals surface area contributed by atoms with Gasteiger partial charge in [0.2, 0.25) is 0 Å². The number of phenols is 1. The zero-order valence-electron chi connectivity index (χ0n) is 11.6. The van der Waals surface area contributed by atoms with E-state index >= 15 is 0 Å². The number of carbonyl (C=O) groups excluding carboxylic acids is 1. The Bertz CT molecular complexity index is 792. The SMILES string of the molecule is Nc1ccc(NC(=O)c2cc(-c3ccc(O)cc3)n[nH]2)cc1. The molecule has 1 heterocycles. The molecular formula is C16H14N4O2. The average molecular weight is 294 g/mol. The van der Waals surface area contributed by atoms with Crippen LogP contribution in [0.3, 0.4) is 0 Å². The topological polar surface area (TPSA) is 104 Å². The summed E-state index contributed by atoms with van der Waals surface area (Å²) in [6.45, 7) is 0. The Morgan fingerprint density at radius 3 is 2.45 bits per heavy atom. The number of aromatic nitrogens is 2. The standard InChI is InChI=1S/C16H14N4O2/c17-11-3-5-12(6-4-11)18-16(22)15-9-14(19-20-15)10-1-7-13(21)8-2-10/h1-9,21H,17H2,(H,18,22)(H,19,20). The number of phenolic OH excluding ortho intramolecular Hbond substituents is 1. The fourth-order valence-electron chi connectivity index (χ4n) is 1.98. The van der Waals surface area contributed by atoms with Crippen LogP contribution in [0.4, 0.5) is 11.4 Å². The molecule has 0 aliphatic rings. The molecule has 0 fully saturated rings. The molecule has 0 aliphatic carbocycles. The van der Waals surface area contributed by atoms with Crippen molar-refractivity contribution < 1.29 is 9.90 Å². The van der Waals surface area contributed by atoms with Crippen LogP contribution in [0, 0.1) is 0 Å². The fourth-order valence-corrected chi connectivity index (χ4v) is 1.98. The first-order chi connectivity index (χ1) is 10.6.